The Morgan fingerprint density at radius 3 is 2.32 bits per heavy atom. The lowest BCUT2D eigenvalue weighted by Crippen LogP contribution is -2.16. The van der Waals surface area contributed by atoms with E-state index in [1.807, 2.05) is 30.3 Å². The van der Waals surface area contributed by atoms with Crippen LogP contribution in [0, 0.1) is 6.92 Å². The van der Waals surface area contributed by atoms with Crippen LogP contribution in [-0.4, -0.2) is 5.91 Å². The van der Waals surface area contributed by atoms with Gasteiger partial charge in [0.05, 0.1) is 16.8 Å². The molecule has 3 rings (SSSR count). The van der Waals surface area contributed by atoms with Crippen molar-refractivity contribution >= 4 is 11.6 Å². The van der Waals surface area contributed by atoms with E-state index in [0.717, 1.165) is 11.6 Å². The highest BCUT2D eigenvalue weighted by Gasteiger charge is 2.33. The summed E-state index contributed by atoms with van der Waals surface area (Å²) in [7, 11) is 0. The van der Waals surface area contributed by atoms with Gasteiger partial charge < -0.3 is 9.73 Å². The molecule has 0 fully saturated rings. The van der Waals surface area contributed by atoms with Crippen molar-refractivity contribution in [1.29, 1.82) is 0 Å². The van der Waals surface area contributed by atoms with Gasteiger partial charge in [0.25, 0.3) is 5.91 Å². The molecule has 1 N–H and O–H groups in total. The van der Waals surface area contributed by atoms with Crippen LogP contribution in [0.5, 0.6) is 0 Å². The zero-order chi connectivity index (χ0) is 18.0. The molecule has 0 bridgehead atoms. The smallest absolute Gasteiger partial charge is 0.418 e. The zero-order valence-corrected chi connectivity index (χ0v) is 13.2. The van der Waals surface area contributed by atoms with E-state index in [9.17, 15) is 18.0 Å². The average molecular weight is 345 g/mol. The maximum absolute atomic E-state index is 13.0. The van der Waals surface area contributed by atoms with Gasteiger partial charge in [0.15, 0.2) is 0 Å². The van der Waals surface area contributed by atoms with Gasteiger partial charge in [-0.05, 0) is 25.1 Å². The van der Waals surface area contributed by atoms with Crippen molar-refractivity contribution in [3.8, 4) is 11.3 Å². The predicted molar refractivity (Wildman–Crippen MR) is 88.3 cm³/mol. The van der Waals surface area contributed by atoms with Crippen molar-refractivity contribution in [2.24, 2.45) is 0 Å². The van der Waals surface area contributed by atoms with Crippen LogP contribution in [0.25, 0.3) is 11.3 Å². The predicted octanol–water partition coefficient (Wildman–Crippen LogP) is 5.53. The van der Waals surface area contributed by atoms with Gasteiger partial charge in [-0.25, -0.2) is 0 Å². The molecule has 0 aliphatic heterocycles. The number of anilines is 1. The average Bonchev–Trinajstić information content (AvgIpc) is 2.97. The highest BCUT2D eigenvalue weighted by atomic mass is 19.4. The molecule has 3 aromatic rings. The van der Waals surface area contributed by atoms with Crippen LogP contribution >= 0.6 is 0 Å². The van der Waals surface area contributed by atoms with E-state index in [-0.39, 0.29) is 11.3 Å². The molecule has 1 heterocycles. The molecular weight excluding hydrogens is 331 g/mol. The van der Waals surface area contributed by atoms with Crippen molar-refractivity contribution in [2.75, 3.05) is 5.32 Å². The maximum atomic E-state index is 13.0. The number of rotatable bonds is 3. The summed E-state index contributed by atoms with van der Waals surface area (Å²) < 4.78 is 44.7. The molecule has 0 aliphatic carbocycles. The first-order chi connectivity index (χ1) is 11.9. The number of hydrogen-bond acceptors (Lipinski definition) is 2. The molecule has 0 atom stereocenters. The zero-order valence-electron chi connectivity index (χ0n) is 13.2. The van der Waals surface area contributed by atoms with E-state index in [4.69, 9.17) is 4.42 Å². The molecule has 0 aliphatic rings. The molecular formula is C19H14F3NO2. The Morgan fingerprint density at radius 1 is 1.00 bits per heavy atom. The second kappa shape index (κ2) is 6.47. The topological polar surface area (TPSA) is 42.2 Å². The lowest BCUT2D eigenvalue weighted by atomic mass is 10.1. The first-order valence-corrected chi connectivity index (χ1v) is 7.49. The lowest BCUT2D eigenvalue weighted by molar-refractivity contribution is -0.136. The first kappa shape index (κ1) is 16.8. The Balaban J connectivity index is 1.90. The second-order valence-electron chi connectivity index (χ2n) is 5.44. The molecule has 1 amide bonds. The molecule has 25 heavy (non-hydrogen) atoms. The van der Waals surface area contributed by atoms with Crippen LogP contribution in [-0.2, 0) is 6.18 Å². The molecule has 3 nitrogen and oxygen atoms in total. The number of benzene rings is 2. The van der Waals surface area contributed by atoms with Gasteiger partial charge in [-0.1, -0.05) is 42.5 Å². The van der Waals surface area contributed by atoms with Gasteiger partial charge in [-0.3, -0.25) is 4.79 Å². The number of halogens is 3. The lowest BCUT2D eigenvalue weighted by Gasteiger charge is -2.13. The summed E-state index contributed by atoms with van der Waals surface area (Å²) >= 11 is 0. The van der Waals surface area contributed by atoms with Crippen molar-refractivity contribution in [1.82, 2.24) is 0 Å². The monoisotopic (exact) mass is 345 g/mol. The summed E-state index contributed by atoms with van der Waals surface area (Å²) in [6, 6.07) is 15.5. The first-order valence-electron chi connectivity index (χ1n) is 7.49. The molecule has 0 saturated carbocycles. The summed E-state index contributed by atoms with van der Waals surface area (Å²) in [5.41, 5.74) is -0.217. The number of para-hydroxylation sites is 1. The Kier molecular flexibility index (Phi) is 4.35. The fourth-order valence-corrected chi connectivity index (χ4v) is 2.48. The Labute approximate surface area is 142 Å². The molecule has 2 aromatic carbocycles. The number of hydrogen-bond donors (Lipinski definition) is 1. The standard InChI is InChI=1S/C19H14F3NO2/c1-12-14(11-17(25-12)13-7-3-2-4-8-13)18(24)23-16-10-6-5-9-15(16)19(20,21)22/h2-11H,1H3,(H,23,24). The molecule has 0 radical (unpaired) electrons. The summed E-state index contributed by atoms with van der Waals surface area (Å²) in [6.07, 6.45) is -4.55. The number of amides is 1. The Bertz CT molecular complexity index is 899. The van der Waals surface area contributed by atoms with E-state index < -0.39 is 17.6 Å². The van der Waals surface area contributed by atoms with Gasteiger partial charge in [0.2, 0.25) is 0 Å². The molecule has 1 aromatic heterocycles. The number of nitrogens with one attached hydrogen (secondary N) is 1. The second-order valence-corrected chi connectivity index (χ2v) is 5.44. The number of furan rings is 1. The van der Waals surface area contributed by atoms with Crippen molar-refractivity contribution in [3.05, 3.63) is 77.6 Å². The maximum Gasteiger partial charge on any atom is 0.418 e. The number of aryl methyl sites for hydroxylation is 1. The van der Waals surface area contributed by atoms with Gasteiger partial charge in [-0.2, -0.15) is 13.2 Å². The molecule has 6 heteroatoms. The summed E-state index contributed by atoms with van der Waals surface area (Å²) in [5.74, 6) is 0.160. The minimum atomic E-state index is -4.55. The van der Waals surface area contributed by atoms with E-state index in [0.29, 0.717) is 11.5 Å². The minimum absolute atomic E-state index is 0.191. The van der Waals surface area contributed by atoms with Crippen molar-refractivity contribution in [3.63, 3.8) is 0 Å². The fourth-order valence-electron chi connectivity index (χ4n) is 2.48. The third kappa shape index (κ3) is 3.57. The van der Waals surface area contributed by atoms with Crippen LogP contribution in [0.2, 0.25) is 0 Å². The van der Waals surface area contributed by atoms with Crippen LogP contribution in [0.4, 0.5) is 18.9 Å². The normalized spacial score (nSPS) is 11.4. The quantitative estimate of drug-likeness (QED) is 0.678. The summed E-state index contributed by atoms with van der Waals surface area (Å²) in [4.78, 5) is 12.4. The summed E-state index contributed by atoms with van der Waals surface area (Å²) in [5, 5.41) is 2.32. The summed E-state index contributed by atoms with van der Waals surface area (Å²) in [6.45, 7) is 1.59. The largest absolute Gasteiger partial charge is 0.461 e. The van der Waals surface area contributed by atoms with Gasteiger partial charge in [-0.15, -0.1) is 0 Å². The third-order valence-electron chi connectivity index (χ3n) is 3.70. The van der Waals surface area contributed by atoms with Gasteiger partial charge in [0, 0.05) is 5.56 Å². The van der Waals surface area contributed by atoms with E-state index in [1.54, 1.807) is 6.92 Å². The van der Waals surface area contributed by atoms with Crippen LogP contribution < -0.4 is 5.32 Å². The third-order valence-corrected chi connectivity index (χ3v) is 3.70. The van der Waals surface area contributed by atoms with E-state index in [2.05, 4.69) is 5.32 Å². The minimum Gasteiger partial charge on any atom is -0.461 e. The SMILES string of the molecule is Cc1oc(-c2ccccc2)cc1C(=O)Nc1ccccc1C(F)(F)F. The molecule has 0 saturated heterocycles. The molecule has 0 unspecified atom stereocenters. The van der Waals surface area contributed by atoms with Crippen LogP contribution in [0.1, 0.15) is 21.7 Å². The van der Waals surface area contributed by atoms with Crippen LogP contribution in [0.15, 0.2) is 65.1 Å². The molecule has 0 spiro atoms. The van der Waals surface area contributed by atoms with Crippen molar-refractivity contribution in [2.45, 2.75) is 13.1 Å². The van der Waals surface area contributed by atoms with Crippen LogP contribution in [0.3, 0.4) is 0 Å². The highest BCUT2D eigenvalue weighted by Crippen LogP contribution is 2.35. The number of alkyl halides is 3. The Hall–Kier alpha value is -3.02. The van der Waals surface area contributed by atoms with Gasteiger partial charge in [0.1, 0.15) is 11.5 Å². The Morgan fingerprint density at radius 2 is 1.64 bits per heavy atom. The van der Waals surface area contributed by atoms with E-state index in [1.165, 1.54) is 24.3 Å². The van der Waals surface area contributed by atoms with Crippen molar-refractivity contribution < 1.29 is 22.4 Å². The highest BCUT2D eigenvalue weighted by molar-refractivity contribution is 6.06. The number of carbonyl (C=O) groups is 1. The van der Waals surface area contributed by atoms with E-state index >= 15 is 0 Å². The number of carbonyl (C=O) groups excluding carboxylic acids is 1. The van der Waals surface area contributed by atoms with Gasteiger partial charge >= 0.3 is 6.18 Å². The molecule has 128 valence electrons. The fraction of sp³-hybridized carbons (Fsp3) is 0.105.